The number of rotatable bonds is 4. The highest BCUT2D eigenvalue weighted by atomic mass is 79.9. The van der Waals surface area contributed by atoms with Crippen LogP contribution in [0.15, 0.2) is 46.9 Å². The van der Waals surface area contributed by atoms with Crippen LogP contribution in [0.1, 0.15) is 33.7 Å². The van der Waals surface area contributed by atoms with Crippen molar-refractivity contribution in [3.8, 4) is 0 Å². The zero-order valence-electron chi connectivity index (χ0n) is 13.6. The molecule has 0 spiro atoms. The molecule has 1 heterocycles. The average Bonchev–Trinajstić information content (AvgIpc) is 3.30. The number of halogens is 2. The van der Waals surface area contributed by atoms with Gasteiger partial charge in [-0.2, -0.15) is 0 Å². The van der Waals surface area contributed by atoms with Crippen LogP contribution in [-0.4, -0.2) is 22.8 Å². The van der Waals surface area contributed by atoms with Gasteiger partial charge in [0.15, 0.2) is 0 Å². The largest absolute Gasteiger partial charge is 0.350 e. The maximum absolute atomic E-state index is 12.5. The third-order valence-electron chi connectivity index (χ3n) is 4.21. The predicted molar refractivity (Wildman–Crippen MR) is 106 cm³/mol. The van der Waals surface area contributed by atoms with E-state index < -0.39 is 0 Å². The van der Waals surface area contributed by atoms with Gasteiger partial charge in [-0.25, -0.2) is 0 Å². The maximum Gasteiger partial charge on any atom is 0.272 e. The van der Waals surface area contributed by atoms with E-state index in [9.17, 15) is 9.59 Å². The SMILES string of the molecule is O=C(Nc1ccc(C(=O)NC2CC2)c(Cl)c1)c1cc2ccc(Br)cc2[nH]1. The minimum atomic E-state index is -0.274. The molecule has 132 valence electrons. The summed E-state index contributed by atoms with van der Waals surface area (Å²) in [6.45, 7) is 0. The van der Waals surface area contributed by atoms with Crippen molar-refractivity contribution in [1.29, 1.82) is 0 Å². The van der Waals surface area contributed by atoms with Crippen molar-refractivity contribution in [2.45, 2.75) is 18.9 Å². The quantitative estimate of drug-likeness (QED) is 0.558. The van der Waals surface area contributed by atoms with Gasteiger partial charge in [-0.1, -0.05) is 33.6 Å². The van der Waals surface area contributed by atoms with Crippen molar-refractivity contribution < 1.29 is 9.59 Å². The third-order valence-corrected chi connectivity index (χ3v) is 5.02. The van der Waals surface area contributed by atoms with Crippen LogP contribution in [0.5, 0.6) is 0 Å². The number of aromatic amines is 1. The van der Waals surface area contributed by atoms with Gasteiger partial charge >= 0.3 is 0 Å². The number of carbonyl (C=O) groups is 2. The van der Waals surface area contributed by atoms with Crippen molar-refractivity contribution in [3.05, 3.63) is 63.2 Å². The van der Waals surface area contributed by atoms with Crippen LogP contribution in [0.3, 0.4) is 0 Å². The third kappa shape index (κ3) is 3.61. The normalized spacial score (nSPS) is 13.6. The first kappa shape index (κ1) is 17.1. The minimum Gasteiger partial charge on any atom is -0.350 e. The fraction of sp³-hybridized carbons (Fsp3) is 0.158. The van der Waals surface area contributed by atoms with Gasteiger partial charge < -0.3 is 15.6 Å². The predicted octanol–water partition coefficient (Wildman–Crippen LogP) is 4.73. The Morgan fingerprint density at radius 2 is 1.88 bits per heavy atom. The van der Waals surface area contributed by atoms with Crippen molar-refractivity contribution in [3.63, 3.8) is 0 Å². The number of hydrogen-bond acceptors (Lipinski definition) is 2. The number of benzene rings is 2. The first-order valence-corrected chi connectivity index (χ1v) is 9.37. The van der Waals surface area contributed by atoms with Gasteiger partial charge in [0.1, 0.15) is 5.69 Å². The van der Waals surface area contributed by atoms with Gasteiger partial charge in [-0.15, -0.1) is 0 Å². The monoisotopic (exact) mass is 431 g/mol. The molecule has 0 bridgehead atoms. The summed E-state index contributed by atoms with van der Waals surface area (Å²) in [5, 5.41) is 6.95. The smallest absolute Gasteiger partial charge is 0.272 e. The molecular formula is C19H15BrClN3O2. The topological polar surface area (TPSA) is 74.0 Å². The summed E-state index contributed by atoms with van der Waals surface area (Å²) in [6.07, 6.45) is 2.02. The molecule has 2 aromatic carbocycles. The molecule has 0 unspecified atom stereocenters. The summed E-state index contributed by atoms with van der Waals surface area (Å²) >= 11 is 9.62. The Hall–Kier alpha value is -2.31. The zero-order valence-corrected chi connectivity index (χ0v) is 15.9. The maximum atomic E-state index is 12.5. The molecule has 1 saturated carbocycles. The number of aromatic nitrogens is 1. The molecule has 1 aliphatic carbocycles. The molecule has 26 heavy (non-hydrogen) atoms. The summed E-state index contributed by atoms with van der Waals surface area (Å²) in [5.41, 5.74) is 2.26. The van der Waals surface area contributed by atoms with Crippen LogP contribution < -0.4 is 10.6 Å². The first-order chi connectivity index (χ1) is 12.5. The lowest BCUT2D eigenvalue weighted by Gasteiger charge is -2.08. The number of carbonyl (C=O) groups excluding carboxylic acids is 2. The lowest BCUT2D eigenvalue weighted by molar-refractivity contribution is 0.0950. The van der Waals surface area contributed by atoms with E-state index in [0.29, 0.717) is 22.0 Å². The molecule has 0 radical (unpaired) electrons. The fourth-order valence-corrected chi connectivity index (χ4v) is 3.32. The van der Waals surface area contributed by atoms with Crippen molar-refractivity contribution in [2.24, 2.45) is 0 Å². The van der Waals surface area contributed by atoms with Gasteiger partial charge in [-0.3, -0.25) is 9.59 Å². The van der Waals surface area contributed by atoms with Crippen LogP contribution in [0.4, 0.5) is 5.69 Å². The lowest BCUT2D eigenvalue weighted by Crippen LogP contribution is -2.25. The molecule has 5 nitrogen and oxygen atoms in total. The number of amides is 2. The van der Waals surface area contributed by atoms with E-state index in [1.165, 1.54) is 0 Å². The summed E-state index contributed by atoms with van der Waals surface area (Å²) in [4.78, 5) is 27.7. The standard InChI is InChI=1S/C19H15BrClN3O2/c20-11-2-1-10-7-17(24-16(10)8-11)19(26)23-13-5-6-14(15(21)9-13)18(25)22-12-3-4-12/h1-2,5-9,12,24H,3-4H2,(H,22,25)(H,23,26). The first-order valence-electron chi connectivity index (χ1n) is 8.19. The van der Waals surface area contributed by atoms with E-state index in [4.69, 9.17) is 11.6 Å². The zero-order chi connectivity index (χ0) is 18.3. The van der Waals surface area contributed by atoms with Gasteiger partial charge in [0.2, 0.25) is 0 Å². The van der Waals surface area contributed by atoms with E-state index in [2.05, 4.69) is 31.5 Å². The van der Waals surface area contributed by atoms with E-state index in [-0.39, 0.29) is 17.9 Å². The Bertz CT molecular complexity index is 1030. The van der Waals surface area contributed by atoms with Crippen molar-refractivity contribution in [1.82, 2.24) is 10.3 Å². The second-order valence-electron chi connectivity index (χ2n) is 6.31. The summed E-state index contributed by atoms with van der Waals surface area (Å²) in [5.74, 6) is -0.458. The van der Waals surface area contributed by atoms with Crippen LogP contribution in [-0.2, 0) is 0 Å². The Morgan fingerprint density at radius 1 is 1.08 bits per heavy atom. The molecule has 3 aromatic rings. The molecule has 7 heteroatoms. The van der Waals surface area contributed by atoms with Crippen molar-refractivity contribution in [2.75, 3.05) is 5.32 Å². The fourth-order valence-electron chi connectivity index (χ4n) is 2.69. The molecule has 0 saturated heterocycles. The number of nitrogens with one attached hydrogen (secondary N) is 3. The van der Waals surface area contributed by atoms with Crippen LogP contribution in [0, 0.1) is 0 Å². The number of fused-ring (bicyclic) bond motifs is 1. The van der Waals surface area contributed by atoms with Gasteiger partial charge in [-0.05, 0) is 49.2 Å². The van der Waals surface area contributed by atoms with Crippen LogP contribution in [0.25, 0.3) is 10.9 Å². The Morgan fingerprint density at radius 3 is 2.62 bits per heavy atom. The Labute approximate surface area is 163 Å². The van der Waals surface area contributed by atoms with E-state index >= 15 is 0 Å². The minimum absolute atomic E-state index is 0.184. The molecule has 3 N–H and O–H groups in total. The van der Waals surface area contributed by atoms with E-state index in [0.717, 1.165) is 28.2 Å². The van der Waals surface area contributed by atoms with Gasteiger partial charge in [0, 0.05) is 27.1 Å². The van der Waals surface area contributed by atoms with Crippen LogP contribution >= 0.6 is 27.5 Å². The lowest BCUT2D eigenvalue weighted by atomic mass is 10.2. The average molecular weight is 433 g/mol. The molecule has 0 atom stereocenters. The highest BCUT2D eigenvalue weighted by molar-refractivity contribution is 9.10. The molecule has 1 fully saturated rings. The molecule has 1 aliphatic rings. The summed E-state index contributed by atoms with van der Waals surface area (Å²) in [6, 6.07) is 12.7. The van der Waals surface area contributed by atoms with Crippen molar-refractivity contribution >= 4 is 55.9 Å². The summed E-state index contributed by atoms with van der Waals surface area (Å²) < 4.78 is 0.936. The highest BCUT2D eigenvalue weighted by Crippen LogP contribution is 2.25. The molecule has 4 rings (SSSR count). The number of anilines is 1. The van der Waals surface area contributed by atoms with Gasteiger partial charge in [0.05, 0.1) is 10.6 Å². The highest BCUT2D eigenvalue weighted by Gasteiger charge is 2.24. The molecular weight excluding hydrogens is 418 g/mol. The molecule has 0 aliphatic heterocycles. The summed E-state index contributed by atoms with van der Waals surface area (Å²) in [7, 11) is 0. The van der Waals surface area contributed by atoms with Gasteiger partial charge in [0.25, 0.3) is 11.8 Å². The van der Waals surface area contributed by atoms with Crippen LogP contribution in [0.2, 0.25) is 5.02 Å². The second-order valence-corrected chi connectivity index (χ2v) is 7.63. The van der Waals surface area contributed by atoms with E-state index in [1.54, 1.807) is 24.3 Å². The van der Waals surface area contributed by atoms with E-state index in [1.807, 2.05) is 18.2 Å². The number of hydrogen-bond donors (Lipinski definition) is 3. The molecule has 1 aromatic heterocycles. The Kier molecular flexibility index (Phi) is 4.46. The molecule has 2 amide bonds. The number of H-pyrrole nitrogens is 1. The second kappa shape index (κ2) is 6.78. The Balaban J connectivity index is 1.51.